The maximum Gasteiger partial charge on any atom is 0.243 e. The highest BCUT2D eigenvalue weighted by atomic mass is 32.2. The van der Waals surface area contributed by atoms with Gasteiger partial charge in [-0.3, -0.25) is 0 Å². The number of hydrogen-bond acceptors (Lipinski definition) is 3. The molecule has 0 radical (unpaired) electrons. The van der Waals surface area contributed by atoms with Crippen molar-refractivity contribution in [3.63, 3.8) is 0 Å². The molecule has 0 saturated heterocycles. The summed E-state index contributed by atoms with van der Waals surface area (Å²) in [5.41, 5.74) is 1.11. The molecule has 0 atom stereocenters. The Morgan fingerprint density at radius 3 is 2.35 bits per heavy atom. The summed E-state index contributed by atoms with van der Waals surface area (Å²) in [6.45, 7) is 6.37. The summed E-state index contributed by atoms with van der Waals surface area (Å²) in [5, 5.41) is 3.23. The molecule has 0 heterocycles. The predicted molar refractivity (Wildman–Crippen MR) is 81.0 cm³/mol. The van der Waals surface area contributed by atoms with Crippen molar-refractivity contribution in [1.82, 2.24) is 9.62 Å². The number of nitrogens with one attached hydrogen (secondary N) is 1. The SMILES string of the molecule is CCCN(C1CC1)S(=O)(=O)c1ccc(CNCC)cc1. The van der Waals surface area contributed by atoms with Crippen LogP contribution in [0.3, 0.4) is 0 Å². The normalized spacial score (nSPS) is 15.8. The summed E-state index contributed by atoms with van der Waals surface area (Å²) >= 11 is 0. The smallest absolute Gasteiger partial charge is 0.243 e. The molecule has 0 aromatic heterocycles. The molecule has 1 N–H and O–H groups in total. The van der Waals surface area contributed by atoms with E-state index in [1.807, 2.05) is 19.1 Å². The topological polar surface area (TPSA) is 49.4 Å². The van der Waals surface area contributed by atoms with Crippen molar-refractivity contribution in [2.75, 3.05) is 13.1 Å². The Morgan fingerprint density at radius 2 is 1.85 bits per heavy atom. The van der Waals surface area contributed by atoms with Gasteiger partial charge in [-0.15, -0.1) is 0 Å². The van der Waals surface area contributed by atoms with Crippen molar-refractivity contribution < 1.29 is 8.42 Å². The first-order valence-corrected chi connectivity index (χ1v) is 8.85. The van der Waals surface area contributed by atoms with Crippen LogP contribution in [-0.2, 0) is 16.6 Å². The Labute approximate surface area is 122 Å². The number of hydrogen-bond donors (Lipinski definition) is 1. The Morgan fingerprint density at radius 1 is 1.20 bits per heavy atom. The fourth-order valence-corrected chi connectivity index (χ4v) is 4.04. The van der Waals surface area contributed by atoms with Crippen LogP contribution in [0.2, 0.25) is 0 Å². The number of nitrogens with zero attached hydrogens (tertiary/aromatic N) is 1. The zero-order chi connectivity index (χ0) is 14.6. The van der Waals surface area contributed by atoms with E-state index >= 15 is 0 Å². The standard InChI is InChI=1S/C15H24N2O2S/c1-3-11-17(14-7-8-14)20(18,19)15-9-5-13(6-10-15)12-16-4-2/h5-6,9-10,14,16H,3-4,7-8,11-12H2,1-2H3. The highest BCUT2D eigenvalue weighted by Crippen LogP contribution is 2.32. The van der Waals surface area contributed by atoms with Gasteiger partial charge in [0.25, 0.3) is 0 Å². The van der Waals surface area contributed by atoms with E-state index in [-0.39, 0.29) is 6.04 Å². The molecular formula is C15H24N2O2S. The first kappa shape index (κ1) is 15.5. The predicted octanol–water partition coefficient (Wildman–Crippen LogP) is 2.36. The van der Waals surface area contributed by atoms with Crippen molar-refractivity contribution in [3.8, 4) is 0 Å². The van der Waals surface area contributed by atoms with Crippen molar-refractivity contribution in [1.29, 1.82) is 0 Å². The Bertz CT molecular complexity index is 521. The minimum absolute atomic E-state index is 0.224. The summed E-state index contributed by atoms with van der Waals surface area (Å²) in [5.74, 6) is 0. The molecule has 0 amide bonds. The van der Waals surface area contributed by atoms with Gasteiger partial charge in [-0.25, -0.2) is 8.42 Å². The summed E-state index contributed by atoms with van der Waals surface area (Å²) in [6.07, 6.45) is 2.85. The molecule has 1 aromatic rings. The second-order valence-corrected chi connectivity index (χ2v) is 7.16. The molecule has 1 aromatic carbocycles. The van der Waals surface area contributed by atoms with E-state index in [9.17, 15) is 8.42 Å². The average Bonchev–Trinajstić information content (AvgIpc) is 3.27. The van der Waals surface area contributed by atoms with Gasteiger partial charge >= 0.3 is 0 Å². The van der Waals surface area contributed by atoms with Crippen LogP contribution in [0.15, 0.2) is 29.2 Å². The molecule has 4 nitrogen and oxygen atoms in total. The van der Waals surface area contributed by atoms with Crippen LogP contribution < -0.4 is 5.32 Å². The molecule has 5 heteroatoms. The first-order chi connectivity index (χ1) is 9.59. The van der Waals surface area contributed by atoms with Crippen LogP contribution in [0.1, 0.15) is 38.7 Å². The highest BCUT2D eigenvalue weighted by molar-refractivity contribution is 7.89. The van der Waals surface area contributed by atoms with E-state index in [0.29, 0.717) is 11.4 Å². The minimum Gasteiger partial charge on any atom is -0.313 e. The second kappa shape index (κ2) is 6.70. The molecule has 0 spiro atoms. The monoisotopic (exact) mass is 296 g/mol. The first-order valence-electron chi connectivity index (χ1n) is 7.41. The van der Waals surface area contributed by atoms with Crippen molar-refractivity contribution in [2.45, 2.75) is 50.6 Å². The van der Waals surface area contributed by atoms with Gasteiger partial charge in [0.15, 0.2) is 0 Å². The lowest BCUT2D eigenvalue weighted by Crippen LogP contribution is -2.33. The van der Waals surface area contributed by atoms with Crippen LogP contribution in [0, 0.1) is 0 Å². The van der Waals surface area contributed by atoms with Gasteiger partial charge in [-0.05, 0) is 43.5 Å². The van der Waals surface area contributed by atoms with Gasteiger partial charge in [0.05, 0.1) is 4.90 Å². The van der Waals surface area contributed by atoms with Gasteiger partial charge in [0.2, 0.25) is 10.0 Å². The molecule has 1 saturated carbocycles. The van der Waals surface area contributed by atoms with Crippen molar-refractivity contribution in [3.05, 3.63) is 29.8 Å². The van der Waals surface area contributed by atoms with E-state index in [1.165, 1.54) is 0 Å². The molecule has 0 bridgehead atoms. The Kier molecular flexibility index (Phi) is 5.18. The molecule has 1 aliphatic carbocycles. The lowest BCUT2D eigenvalue weighted by atomic mass is 10.2. The minimum atomic E-state index is -3.32. The average molecular weight is 296 g/mol. The fraction of sp³-hybridized carbons (Fsp3) is 0.600. The van der Waals surface area contributed by atoms with Gasteiger partial charge in [-0.2, -0.15) is 4.31 Å². The molecule has 112 valence electrons. The third-order valence-corrected chi connectivity index (χ3v) is 5.47. The quantitative estimate of drug-likeness (QED) is 0.801. The molecule has 0 aliphatic heterocycles. The largest absolute Gasteiger partial charge is 0.313 e. The summed E-state index contributed by atoms with van der Waals surface area (Å²) in [7, 11) is -3.32. The van der Waals surface area contributed by atoms with Crippen LogP contribution in [0.25, 0.3) is 0 Å². The molecule has 0 unspecified atom stereocenters. The maximum absolute atomic E-state index is 12.6. The Hall–Kier alpha value is -0.910. The zero-order valence-corrected chi connectivity index (χ0v) is 13.1. The van der Waals surface area contributed by atoms with Crippen LogP contribution in [-0.4, -0.2) is 31.9 Å². The Balaban J connectivity index is 2.15. The third-order valence-electron chi connectivity index (χ3n) is 3.51. The second-order valence-electron chi connectivity index (χ2n) is 5.27. The lowest BCUT2D eigenvalue weighted by molar-refractivity contribution is 0.403. The van der Waals surface area contributed by atoms with Gasteiger partial charge in [0.1, 0.15) is 0 Å². The molecule has 1 fully saturated rings. The molecule has 2 rings (SSSR count). The maximum atomic E-state index is 12.6. The van der Waals surface area contributed by atoms with E-state index in [1.54, 1.807) is 16.4 Å². The summed E-state index contributed by atoms with van der Waals surface area (Å²) in [6, 6.07) is 7.47. The number of rotatable bonds is 8. The van der Waals surface area contributed by atoms with E-state index in [4.69, 9.17) is 0 Å². The summed E-state index contributed by atoms with van der Waals surface area (Å²) < 4.78 is 27.0. The van der Waals surface area contributed by atoms with Crippen LogP contribution >= 0.6 is 0 Å². The van der Waals surface area contributed by atoms with Crippen LogP contribution in [0.5, 0.6) is 0 Å². The third kappa shape index (κ3) is 3.59. The molecular weight excluding hydrogens is 272 g/mol. The zero-order valence-electron chi connectivity index (χ0n) is 12.3. The fourth-order valence-electron chi connectivity index (χ4n) is 2.27. The molecule has 20 heavy (non-hydrogen) atoms. The number of benzene rings is 1. The lowest BCUT2D eigenvalue weighted by Gasteiger charge is -2.21. The van der Waals surface area contributed by atoms with E-state index < -0.39 is 10.0 Å². The van der Waals surface area contributed by atoms with E-state index in [0.717, 1.165) is 37.9 Å². The van der Waals surface area contributed by atoms with Gasteiger partial charge in [-0.1, -0.05) is 26.0 Å². The van der Waals surface area contributed by atoms with E-state index in [2.05, 4.69) is 12.2 Å². The molecule has 1 aliphatic rings. The van der Waals surface area contributed by atoms with Crippen molar-refractivity contribution >= 4 is 10.0 Å². The van der Waals surface area contributed by atoms with Crippen molar-refractivity contribution in [2.24, 2.45) is 0 Å². The summed E-state index contributed by atoms with van der Waals surface area (Å²) in [4.78, 5) is 0.415. The van der Waals surface area contributed by atoms with Gasteiger partial charge in [0, 0.05) is 19.1 Å². The van der Waals surface area contributed by atoms with Gasteiger partial charge < -0.3 is 5.32 Å². The van der Waals surface area contributed by atoms with Crippen LogP contribution in [0.4, 0.5) is 0 Å². The number of sulfonamides is 1. The highest BCUT2D eigenvalue weighted by Gasteiger charge is 2.37.